The number of hydrogen-bond acceptors (Lipinski definition) is 5. The van der Waals surface area contributed by atoms with E-state index < -0.39 is 12.2 Å². The molecule has 0 heterocycles. The van der Waals surface area contributed by atoms with E-state index in [1.54, 1.807) is 0 Å². The van der Waals surface area contributed by atoms with Crippen molar-refractivity contribution in [1.82, 2.24) is 5.32 Å². The highest BCUT2D eigenvalue weighted by Crippen LogP contribution is 2.31. The van der Waals surface area contributed by atoms with Crippen LogP contribution in [0.5, 0.6) is 0 Å². The maximum absolute atomic E-state index is 10.7. The summed E-state index contributed by atoms with van der Waals surface area (Å²) in [6.07, 6.45) is -2.35. The van der Waals surface area contributed by atoms with E-state index >= 15 is 0 Å². The molecule has 0 aromatic heterocycles. The van der Waals surface area contributed by atoms with Gasteiger partial charge in [-0.1, -0.05) is 11.6 Å². The Morgan fingerprint density at radius 1 is 1.50 bits per heavy atom. The number of rotatable bonds is 6. The summed E-state index contributed by atoms with van der Waals surface area (Å²) in [6, 6.07) is 4.54. The number of benzene rings is 1. The quantitative estimate of drug-likeness (QED) is 0.497. The van der Waals surface area contributed by atoms with Crippen molar-refractivity contribution < 1.29 is 20.1 Å². The fourth-order valence-electron chi connectivity index (χ4n) is 1.59. The number of amides is 1. The summed E-state index contributed by atoms with van der Waals surface area (Å²) in [6.45, 7) is 0.332. The van der Waals surface area contributed by atoms with Crippen LogP contribution < -0.4 is 10.6 Å². The number of nitriles is 1. The first kappa shape index (κ1) is 16.2. The number of aliphatic hydroxyl groups is 2. The Morgan fingerprint density at radius 2 is 2.20 bits per heavy atom. The zero-order valence-electron chi connectivity index (χ0n) is 10.4. The minimum Gasteiger partial charge on any atom is -0.465 e. The van der Waals surface area contributed by atoms with Crippen LogP contribution in [0.25, 0.3) is 0 Å². The highest BCUT2D eigenvalue weighted by molar-refractivity contribution is 6.34. The molecule has 0 spiro atoms. The molecule has 1 atom stereocenters. The van der Waals surface area contributed by atoms with Crippen molar-refractivity contribution in [3.63, 3.8) is 0 Å². The topological polar surface area (TPSA) is 126 Å². The first-order valence-corrected chi connectivity index (χ1v) is 6.10. The van der Waals surface area contributed by atoms with E-state index in [2.05, 4.69) is 10.6 Å². The summed E-state index contributed by atoms with van der Waals surface area (Å²) in [5.74, 6) is 0. The normalized spacial score (nSPS) is 11.7. The predicted molar refractivity (Wildman–Crippen MR) is 72.7 cm³/mol. The van der Waals surface area contributed by atoms with Crippen LogP contribution in [0.3, 0.4) is 0 Å². The van der Waals surface area contributed by atoms with Crippen molar-refractivity contribution in [1.29, 1.82) is 5.26 Å². The van der Waals surface area contributed by atoms with Crippen LogP contribution in [0.4, 0.5) is 10.5 Å². The number of carboxylic acid groups (broad SMARTS) is 1. The molecule has 0 radical (unpaired) electrons. The fourth-order valence-corrected chi connectivity index (χ4v) is 1.87. The average Bonchev–Trinajstić information content (AvgIpc) is 2.40. The van der Waals surface area contributed by atoms with E-state index in [0.29, 0.717) is 6.54 Å². The lowest BCUT2D eigenvalue weighted by atomic mass is 10.0. The third kappa shape index (κ3) is 4.36. The van der Waals surface area contributed by atoms with Gasteiger partial charge >= 0.3 is 6.09 Å². The van der Waals surface area contributed by atoms with Gasteiger partial charge in [0.2, 0.25) is 0 Å². The van der Waals surface area contributed by atoms with Gasteiger partial charge in [-0.25, -0.2) is 4.79 Å². The molecule has 0 aliphatic carbocycles. The minimum absolute atomic E-state index is 0.0321. The van der Waals surface area contributed by atoms with Gasteiger partial charge in [-0.05, 0) is 12.1 Å². The highest BCUT2D eigenvalue weighted by atomic mass is 35.5. The van der Waals surface area contributed by atoms with Crippen LogP contribution in [0.1, 0.15) is 17.2 Å². The second kappa shape index (κ2) is 7.67. The van der Waals surface area contributed by atoms with Crippen LogP contribution in [-0.4, -0.2) is 41.1 Å². The number of anilines is 1. The number of hydrogen-bond donors (Lipinski definition) is 5. The summed E-state index contributed by atoms with van der Waals surface area (Å²) in [5.41, 5.74) is 0.448. The molecule has 0 aliphatic heterocycles. The molecule has 1 unspecified atom stereocenters. The van der Waals surface area contributed by atoms with Crippen molar-refractivity contribution in [3.8, 4) is 6.07 Å². The van der Waals surface area contributed by atoms with Crippen molar-refractivity contribution in [2.24, 2.45) is 0 Å². The first-order valence-electron chi connectivity index (χ1n) is 5.72. The zero-order valence-corrected chi connectivity index (χ0v) is 11.2. The Morgan fingerprint density at radius 3 is 2.75 bits per heavy atom. The van der Waals surface area contributed by atoms with Crippen LogP contribution in [-0.2, 0) is 0 Å². The number of carbonyl (C=O) groups is 1. The lowest BCUT2D eigenvalue weighted by Crippen LogP contribution is -2.24. The molecule has 1 aromatic rings. The summed E-state index contributed by atoms with van der Waals surface area (Å²) in [4.78, 5) is 10.7. The Balaban J connectivity index is 3.05. The third-order valence-electron chi connectivity index (χ3n) is 2.46. The lowest BCUT2D eigenvalue weighted by molar-refractivity contribution is 0.171. The largest absolute Gasteiger partial charge is 0.465 e. The Labute approximate surface area is 120 Å². The van der Waals surface area contributed by atoms with Crippen LogP contribution in [0.2, 0.25) is 5.02 Å². The van der Waals surface area contributed by atoms with Gasteiger partial charge in [-0.15, -0.1) is 0 Å². The maximum Gasteiger partial charge on any atom is 0.409 e. The maximum atomic E-state index is 10.7. The Hall–Kier alpha value is -1.85. The molecule has 5 N–H and O–H groups in total. The molecular formula is C12H14ClN3O4. The van der Waals surface area contributed by atoms with Crippen molar-refractivity contribution in [3.05, 3.63) is 28.3 Å². The van der Waals surface area contributed by atoms with Gasteiger partial charge < -0.3 is 20.6 Å². The van der Waals surface area contributed by atoms with Crippen molar-refractivity contribution in [2.45, 2.75) is 6.10 Å². The van der Waals surface area contributed by atoms with E-state index in [4.69, 9.17) is 27.1 Å². The van der Waals surface area contributed by atoms with Crippen molar-refractivity contribution >= 4 is 23.4 Å². The van der Waals surface area contributed by atoms with Crippen LogP contribution in [0.15, 0.2) is 12.1 Å². The highest BCUT2D eigenvalue weighted by Gasteiger charge is 2.17. The molecule has 7 nitrogen and oxygen atoms in total. The molecule has 0 aliphatic rings. The Kier molecular flexibility index (Phi) is 6.21. The molecular weight excluding hydrogens is 286 g/mol. The molecule has 0 fully saturated rings. The van der Waals surface area contributed by atoms with Crippen LogP contribution >= 0.6 is 11.6 Å². The summed E-state index contributed by atoms with van der Waals surface area (Å²) >= 11 is 6.02. The molecule has 1 amide bonds. The van der Waals surface area contributed by atoms with E-state index in [9.17, 15) is 9.90 Å². The molecule has 0 saturated carbocycles. The minimum atomic E-state index is -1.32. The van der Waals surface area contributed by atoms with Gasteiger partial charge in [-0.3, -0.25) is 5.32 Å². The second-order valence-electron chi connectivity index (χ2n) is 3.91. The van der Waals surface area contributed by atoms with E-state index in [-0.39, 0.29) is 35.0 Å². The summed E-state index contributed by atoms with van der Waals surface area (Å²) < 4.78 is 0. The smallest absolute Gasteiger partial charge is 0.409 e. The van der Waals surface area contributed by atoms with Crippen LogP contribution in [0, 0.1) is 11.3 Å². The molecule has 0 bridgehead atoms. The standard InChI is InChI=1S/C12H14ClN3O4/c13-11-8(10(18)6-15-1-2-17)3-7(5-14)4-9(11)16-12(19)20/h3-4,10,15-18H,1-2,6H2,(H,19,20). The molecule has 8 heteroatoms. The predicted octanol–water partition coefficient (Wildman–Crippen LogP) is 0.917. The Bertz CT molecular complexity index is 530. The van der Waals surface area contributed by atoms with Gasteiger partial charge in [0.05, 0.1) is 35.1 Å². The summed E-state index contributed by atoms with van der Waals surface area (Å²) in [7, 11) is 0. The second-order valence-corrected chi connectivity index (χ2v) is 4.29. The average molecular weight is 300 g/mol. The summed E-state index contributed by atoms with van der Waals surface area (Å²) in [5, 5.41) is 41.1. The van der Waals surface area contributed by atoms with Crippen molar-refractivity contribution in [2.75, 3.05) is 25.0 Å². The van der Waals surface area contributed by atoms with E-state index in [1.807, 2.05) is 6.07 Å². The number of nitrogens with zero attached hydrogens (tertiary/aromatic N) is 1. The lowest BCUT2D eigenvalue weighted by Gasteiger charge is -2.16. The molecule has 0 saturated heterocycles. The molecule has 1 rings (SSSR count). The number of nitrogens with one attached hydrogen (secondary N) is 2. The van der Waals surface area contributed by atoms with E-state index in [0.717, 1.165) is 0 Å². The van der Waals surface area contributed by atoms with Gasteiger partial charge in [0.25, 0.3) is 0 Å². The zero-order chi connectivity index (χ0) is 15.1. The van der Waals surface area contributed by atoms with Gasteiger partial charge in [0.1, 0.15) is 0 Å². The van der Waals surface area contributed by atoms with Gasteiger partial charge in [0.15, 0.2) is 0 Å². The first-order chi connectivity index (χ1) is 9.49. The van der Waals surface area contributed by atoms with E-state index in [1.165, 1.54) is 12.1 Å². The molecule has 20 heavy (non-hydrogen) atoms. The van der Waals surface area contributed by atoms with Gasteiger partial charge in [-0.2, -0.15) is 5.26 Å². The number of aliphatic hydroxyl groups excluding tert-OH is 2. The number of halogens is 1. The molecule has 1 aromatic carbocycles. The monoisotopic (exact) mass is 299 g/mol. The SMILES string of the molecule is N#Cc1cc(NC(=O)O)c(Cl)c(C(O)CNCCO)c1. The fraction of sp³-hybridized carbons (Fsp3) is 0.333. The van der Waals surface area contributed by atoms with Gasteiger partial charge in [0, 0.05) is 18.7 Å². The third-order valence-corrected chi connectivity index (χ3v) is 2.88. The molecule has 108 valence electrons.